The summed E-state index contributed by atoms with van der Waals surface area (Å²) in [4.78, 5) is 0. The van der Waals surface area contributed by atoms with Gasteiger partial charge in [-0.15, -0.1) is 0 Å². The molecule has 0 aromatic rings. The third-order valence-corrected chi connectivity index (χ3v) is 4.12. The van der Waals surface area contributed by atoms with Gasteiger partial charge in [-0.2, -0.15) is 17.0 Å². The van der Waals surface area contributed by atoms with E-state index >= 15 is 0 Å². The molecule has 1 atom stereocenters. The van der Waals surface area contributed by atoms with Crippen LogP contribution < -0.4 is 5.73 Å². The van der Waals surface area contributed by atoms with E-state index in [-0.39, 0.29) is 6.04 Å². The molecule has 1 rings (SSSR count). The lowest BCUT2D eigenvalue weighted by atomic mass is 10.1. The maximum Gasteiger partial charge on any atom is 0.281 e. The van der Waals surface area contributed by atoms with Crippen molar-refractivity contribution >= 4 is 10.2 Å². The fourth-order valence-electron chi connectivity index (χ4n) is 1.41. The quantitative estimate of drug-likeness (QED) is 0.645. The lowest BCUT2D eigenvalue weighted by molar-refractivity contribution is 0.299. The molecule has 1 aliphatic rings. The Kier molecular flexibility index (Phi) is 3.28. The molecule has 0 saturated carbocycles. The fourth-order valence-corrected chi connectivity index (χ4v) is 2.62. The molecule has 0 aromatic carbocycles. The Labute approximate surface area is 79.7 Å². The number of nitrogens with zero attached hydrogens (tertiary/aromatic N) is 2. The minimum Gasteiger partial charge on any atom is -0.327 e. The van der Waals surface area contributed by atoms with Crippen molar-refractivity contribution < 1.29 is 8.42 Å². The Bertz CT molecular complexity index is 263. The highest BCUT2D eigenvalue weighted by molar-refractivity contribution is 7.86. The first kappa shape index (κ1) is 10.9. The zero-order valence-electron chi connectivity index (χ0n) is 8.10. The molecule has 1 fully saturated rings. The van der Waals surface area contributed by atoms with Gasteiger partial charge in [0.25, 0.3) is 10.2 Å². The van der Waals surface area contributed by atoms with E-state index in [1.165, 1.54) is 22.7 Å². The molecular weight excluding hydrogens is 190 g/mol. The number of hydrogen-bond acceptors (Lipinski definition) is 3. The van der Waals surface area contributed by atoms with Crippen molar-refractivity contribution in [1.29, 1.82) is 0 Å². The van der Waals surface area contributed by atoms with Crippen LogP contribution in [-0.2, 0) is 10.2 Å². The van der Waals surface area contributed by atoms with Crippen molar-refractivity contribution in [1.82, 2.24) is 8.61 Å². The molecule has 0 radical (unpaired) electrons. The first-order valence-electron chi connectivity index (χ1n) is 4.38. The third kappa shape index (κ3) is 2.40. The number of piperidine rings is 1. The molecule has 6 heteroatoms. The fraction of sp³-hybridized carbons (Fsp3) is 1.00. The Morgan fingerprint density at radius 2 is 2.08 bits per heavy atom. The average Bonchev–Trinajstić information content (AvgIpc) is 2.04. The largest absolute Gasteiger partial charge is 0.327 e. The van der Waals surface area contributed by atoms with E-state index < -0.39 is 10.2 Å². The lowest BCUT2D eigenvalue weighted by Crippen LogP contribution is -2.49. The van der Waals surface area contributed by atoms with E-state index in [0.717, 1.165) is 12.8 Å². The van der Waals surface area contributed by atoms with E-state index in [1.807, 2.05) is 0 Å². The molecule has 1 aliphatic heterocycles. The van der Waals surface area contributed by atoms with Gasteiger partial charge in [0.1, 0.15) is 0 Å². The molecule has 1 saturated heterocycles. The van der Waals surface area contributed by atoms with Gasteiger partial charge in [0.05, 0.1) is 0 Å². The van der Waals surface area contributed by atoms with E-state index in [1.54, 1.807) is 0 Å². The van der Waals surface area contributed by atoms with Gasteiger partial charge in [0.2, 0.25) is 0 Å². The normalized spacial score (nSPS) is 26.6. The summed E-state index contributed by atoms with van der Waals surface area (Å²) in [6, 6.07) is -0.0107. The van der Waals surface area contributed by atoms with Gasteiger partial charge in [-0.1, -0.05) is 0 Å². The predicted molar refractivity (Wildman–Crippen MR) is 51.4 cm³/mol. The zero-order chi connectivity index (χ0) is 10.1. The molecule has 0 unspecified atom stereocenters. The molecule has 0 amide bonds. The van der Waals surface area contributed by atoms with E-state index in [9.17, 15) is 8.42 Å². The first-order chi connectivity index (χ1) is 5.94. The zero-order valence-corrected chi connectivity index (χ0v) is 8.92. The number of hydrogen-bond donors (Lipinski definition) is 1. The Hall–Kier alpha value is -0.170. The Morgan fingerprint density at radius 3 is 2.54 bits per heavy atom. The van der Waals surface area contributed by atoms with E-state index in [4.69, 9.17) is 5.73 Å². The molecular formula is C7H17N3O2S. The van der Waals surface area contributed by atoms with Crippen LogP contribution in [0.4, 0.5) is 0 Å². The van der Waals surface area contributed by atoms with Crippen LogP contribution in [0.2, 0.25) is 0 Å². The molecule has 2 N–H and O–H groups in total. The van der Waals surface area contributed by atoms with Crippen LogP contribution in [0.3, 0.4) is 0 Å². The van der Waals surface area contributed by atoms with Gasteiger partial charge in [0, 0.05) is 33.2 Å². The minimum absolute atomic E-state index is 0.0107. The second kappa shape index (κ2) is 3.91. The first-order valence-corrected chi connectivity index (χ1v) is 5.77. The summed E-state index contributed by atoms with van der Waals surface area (Å²) in [6.45, 7) is 1.04. The summed E-state index contributed by atoms with van der Waals surface area (Å²) in [7, 11) is -0.172. The van der Waals surface area contributed by atoms with Crippen molar-refractivity contribution in [3.8, 4) is 0 Å². The van der Waals surface area contributed by atoms with Crippen molar-refractivity contribution in [2.45, 2.75) is 18.9 Å². The molecule has 0 aromatic heterocycles. The molecule has 78 valence electrons. The third-order valence-electron chi connectivity index (χ3n) is 2.21. The van der Waals surface area contributed by atoms with E-state index in [2.05, 4.69) is 0 Å². The van der Waals surface area contributed by atoms with Crippen LogP contribution in [0.1, 0.15) is 12.8 Å². The minimum atomic E-state index is -3.25. The Balaban J connectivity index is 2.71. The molecule has 0 bridgehead atoms. The maximum absolute atomic E-state index is 11.6. The summed E-state index contributed by atoms with van der Waals surface area (Å²) in [5.41, 5.74) is 5.70. The maximum atomic E-state index is 11.6. The van der Waals surface area contributed by atoms with Crippen molar-refractivity contribution in [2.75, 3.05) is 27.2 Å². The van der Waals surface area contributed by atoms with Gasteiger partial charge < -0.3 is 5.73 Å². The van der Waals surface area contributed by atoms with Crippen LogP contribution in [0.25, 0.3) is 0 Å². The molecule has 0 aliphatic carbocycles. The highest BCUT2D eigenvalue weighted by Crippen LogP contribution is 2.13. The summed E-state index contributed by atoms with van der Waals surface area (Å²) in [6.07, 6.45) is 1.77. The average molecular weight is 207 g/mol. The topological polar surface area (TPSA) is 66.6 Å². The van der Waals surface area contributed by atoms with Crippen molar-refractivity contribution in [3.63, 3.8) is 0 Å². The second-order valence-electron chi connectivity index (χ2n) is 3.55. The summed E-state index contributed by atoms with van der Waals surface area (Å²) in [5, 5.41) is 0. The van der Waals surface area contributed by atoms with Crippen LogP contribution in [0.15, 0.2) is 0 Å². The standard InChI is InChI=1S/C7H17N3O2S/c1-9(2)13(11,12)10-5-3-4-7(8)6-10/h7H,3-6,8H2,1-2H3/t7-/m0/s1. The lowest BCUT2D eigenvalue weighted by Gasteiger charge is -2.31. The molecule has 1 heterocycles. The van der Waals surface area contributed by atoms with Crippen LogP contribution >= 0.6 is 0 Å². The smallest absolute Gasteiger partial charge is 0.281 e. The van der Waals surface area contributed by atoms with Gasteiger partial charge in [0.15, 0.2) is 0 Å². The summed E-state index contributed by atoms with van der Waals surface area (Å²) in [5.74, 6) is 0. The summed E-state index contributed by atoms with van der Waals surface area (Å²) < 4.78 is 25.9. The van der Waals surface area contributed by atoms with E-state index in [0.29, 0.717) is 13.1 Å². The van der Waals surface area contributed by atoms with Gasteiger partial charge in [-0.25, -0.2) is 0 Å². The monoisotopic (exact) mass is 207 g/mol. The van der Waals surface area contributed by atoms with Crippen LogP contribution in [0.5, 0.6) is 0 Å². The number of rotatable bonds is 2. The highest BCUT2D eigenvalue weighted by Gasteiger charge is 2.28. The molecule has 5 nitrogen and oxygen atoms in total. The van der Waals surface area contributed by atoms with Gasteiger partial charge in [-0.3, -0.25) is 0 Å². The van der Waals surface area contributed by atoms with Crippen LogP contribution in [-0.4, -0.2) is 50.3 Å². The van der Waals surface area contributed by atoms with Gasteiger partial charge in [-0.05, 0) is 12.8 Å². The highest BCUT2D eigenvalue weighted by atomic mass is 32.2. The second-order valence-corrected chi connectivity index (χ2v) is 5.69. The van der Waals surface area contributed by atoms with Crippen LogP contribution in [0, 0.1) is 0 Å². The predicted octanol–water partition coefficient (Wildman–Crippen LogP) is -0.784. The Morgan fingerprint density at radius 1 is 1.46 bits per heavy atom. The molecule has 13 heavy (non-hydrogen) atoms. The van der Waals surface area contributed by atoms with Crippen molar-refractivity contribution in [2.24, 2.45) is 5.73 Å². The van der Waals surface area contributed by atoms with Gasteiger partial charge >= 0.3 is 0 Å². The number of nitrogens with two attached hydrogens (primary N) is 1. The SMILES string of the molecule is CN(C)S(=O)(=O)N1CCC[C@H](N)C1. The molecule has 0 spiro atoms. The van der Waals surface area contributed by atoms with Crippen molar-refractivity contribution in [3.05, 3.63) is 0 Å². The summed E-state index contributed by atoms with van der Waals surface area (Å²) >= 11 is 0.